The van der Waals surface area contributed by atoms with Crippen LogP contribution in [0.25, 0.3) is 10.9 Å². The number of aromatic nitrogens is 2. The minimum absolute atomic E-state index is 0.410. The fourth-order valence-electron chi connectivity index (χ4n) is 2.45. The van der Waals surface area contributed by atoms with Gasteiger partial charge in [-0.3, -0.25) is 4.98 Å². The van der Waals surface area contributed by atoms with Gasteiger partial charge >= 0.3 is 12.1 Å². The number of aromatic amines is 1. The number of nitrogens with zero attached hydrogens (tertiary/aromatic N) is 1. The number of pyridine rings is 1. The van der Waals surface area contributed by atoms with Crippen LogP contribution in [0.3, 0.4) is 0 Å². The molecular weight excluding hydrogens is 345 g/mol. The van der Waals surface area contributed by atoms with E-state index in [1.165, 1.54) is 19.4 Å². The number of methoxy groups -OCH3 is 1. The Bertz CT molecular complexity index is 884. The predicted octanol–water partition coefficient (Wildman–Crippen LogP) is 4.99. The van der Waals surface area contributed by atoms with Crippen molar-refractivity contribution in [1.82, 2.24) is 9.97 Å². The fraction of sp³-hybridized carbons (Fsp3) is 0.263. The number of rotatable bonds is 3. The minimum atomic E-state index is -4.44. The van der Waals surface area contributed by atoms with Crippen LogP contribution < -0.4 is 0 Å². The third kappa shape index (κ3) is 4.41. The SMILES string of the molecule is CC.COC(=O)c1ccc2[nH]c(Cc3ccc(C(F)(F)F)nc3)cc2c1. The smallest absolute Gasteiger partial charge is 0.433 e. The number of fused-ring (bicyclic) bond motifs is 1. The van der Waals surface area contributed by atoms with E-state index in [0.29, 0.717) is 17.5 Å². The first-order valence-corrected chi connectivity index (χ1v) is 8.09. The number of hydrogen-bond donors (Lipinski definition) is 1. The molecule has 4 nitrogen and oxygen atoms in total. The maximum absolute atomic E-state index is 12.5. The molecule has 1 aromatic carbocycles. The summed E-state index contributed by atoms with van der Waals surface area (Å²) in [5.74, 6) is -0.424. The van der Waals surface area contributed by atoms with Crippen molar-refractivity contribution in [2.75, 3.05) is 7.11 Å². The molecule has 2 aromatic heterocycles. The topological polar surface area (TPSA) is 55.0 Å². The van der Waals surface area contributed by atoms with Gasteiger partial charge < -0.3 is 9.72 Å². The molecular formula is C19H19F3N2O2. The molecule has 0 saturated carbocycles. The summed E-state index contributed by atoms with van der Waals surface area (Å²) in [5, 5.41) is 0.827. The standard InChI is InChI=1S/C17H13F3N2O2.C2H6/c1-24-16(23)11-3-4-14-12(7-11)8-13(22-14)6-10-2-5-15(21-9-10)17(18,19)20;1-2/h2-5,7-9,22H,6H2,1H3;1-2H3. The van der Waals surface area contributed by atoms with E-state index in [1.807, 2.05) is 19.9 Å². The van der Waals surface area contributed by atoms with Gasteiger partial charge in [0.25, 0.3) is 0 Å². The van der Waals surface area contributed by atoms with Crippen molar-refractivity contribution in [1.29, 1.82) is 0 Å². The third-order valence-electron chi connectivity index (χ3n) is 3.61. The maximum atomic E-state index is 12.5. The molecule has 2 heterocycles. The number of alkyl halides is 3. The Kier molecular flexibility index (Phi) is 6.02. The molecule has 26 heavy (non-hydrogen) atoms. The molecule has 0 amide bonds. The van der Waals surface area contributed by atoms with E-state index in [9.17, 15) is 18.0 Å². The van der Waals surface area contributed by atoms with Gasteiger partial charge in [-0.2, -0.15) is 13.2 Å². The summed E-state index contributed by atoms with van der Waals surface area (Å²) >= 11 is 0. The van der Waals surface area contributed by atoms with Crippen molar-refractivity contribution in [2.24, 2.45) is 0 Å². The maximum Gasteiger partial charge on any atom is 0.433 e. The molecule has 0 bridgehead atoms. The van der Waals surface area contributed by atoms with Crippen LogP contribution in [-0.2, 0) is 17.3 Å². The van der Waals surface area contributed by atoms with Crippen LogP contribution in [0.1, 0.15) is 41.2 Å². The van der Waals surface area contributed by atoms with Crippen LogP contribution in [0.15, 0.2) is 42.6 Å². The Morgan fingerprint density at radius 3 is 2.46 bits per heavy atom. The lowest BCUT2D eigenvalue weighted by Crippen LogP contribution is -2.07. The minimum Gasteiger partial charge on any atom is -0.465 e. The van der Waals surface area contributed by atoms with Crippen molar-refractivity contribution >= 4 is 16.9 Å². The van der Waals surface area contributed by atoms with Gasteiger partial charge in [-0.1, -0.05) is 19.9 Å². The van der Waals surface area contributed by atoms with Crippen molar-refractivity contribution in [2.45, 2.75) is 26.4 Å². The Hall–Kier alpha value is -2.83. The lowest BCUT2D eigenvalue weighted by Gasteiger charge is -2.05. The Balaban J connectivity index is 0.00000117. The second-order valence-electron chi connectivity index (χ2n) is 5.31. The lowest BCUT2D eigenvalue weighted by atomic mass is 10.1. The zero-order valence-electron chi connectivity index (χ0n) is 14.6. The number of carbonyl (C=O) groups excluding carboxylic acids is 1. The molecule has 0 radical (unpaired) electrons. The zero-order chi connectivity index (χ0) is 19.3. The summed E-state index contributed by atoms with van der Waals surface area (Å²) in [6, 6.07) is 9.32. The summed E-state index contributed by atoms with van der Waals surface area (Å²) in [7, 11) is 1.31. The van der Waals surface area contributed by atoms with Gasteiger partial charge in [-0.25, -0.2) is 4.79 Å². The number of hydrogen-bond acceptors (Lipinski definition) is 3. The van der Waals surface area contributed by atoms with E-state index >= 15 is 0 Å². The van der Waals surface area contributed by atoms with E-state index in [2.05, 4.69) is 14.7 Å². The van der Waals surface area contributed by atoms with Gasteiger partial charge in [0.1, 0.15) is 5.69 Å². The molecule has 0 saturated heterocycles. The highest BCUT2D eigenvalue weighted by atomic mass is 19.4. The number of esters is 1. The molecule has 0 fully saturated rings. The lowest BCUT2D eigenvalue weighted by molar-refractivity contribution is -0.141. The van der Waals surface area contributed by atoms with Gasteiger partial charge in [-0.15, -0.1) is 0 Å². The number of ether oxygens (including phenoxy) is 1. The summed E-state index contributed by atoms with van der Waals surface area (Å²) in [4.78, 5) is 18.2. The molecule has 0 aliphatic rings. The summed E-state index contributed by atoms with van der Waals surface area (Å²) in [6.45, 7) is 4.00. The van der Waals surface area contributed by atoms with Crippen LogP contribution in [-0.4, -0.2) is 23.0 Å². The number of benzene rings is 1. The number of halogens is 3. The van der Waals surface area contributed by atoms with E-state index in [1.54, 1.807) is 18.2 Å². The molecule has 0 aliphatic carbocycles. The van der Waals surface area contributed by atoms with Crippen molar-refractivity contribution in [3.05, 3.63) is 65.1 Å². The monoisotopic (exact) mass is 364 g/mol. The Morgan fingerprint density at radius 2 is 1.88 bits per heavy atom. The highest BCUT2D eigenvalue weighted by Crippen LogP contribution is 2.27. The van der Waals surface area contributed by atoms with Crippen LogP contribution in [0.5, 0.6) is 0 Å². The fourth-order valence-corrected chi connectivity index (χ4v) is 2.45. The molecule has 138 valence electrons. The first kappa shape index (κ1) is 19.5. The molecule has 3 aromatic rings. The quantitative estimate of drug-likeness (QED) is 0.667. The normalized spacial score (nSPS) is 11.0. The summed E-state index contributed by atoms with van der Waals surface area (Å²) < 4.78 is 42.2. The largest absolute Gasteiger partial charge is 0.465 e. The average Bonchev–Trinajstić information content (AvgIpc) is 3.03. The van der Waals surface area contributed by atoms with Gasteiger partial charge in [0.05, 0.1) is 12.7 Å². The second-order valence-corrected chi connectivity index (χ2v) is 5.31. The molecule has 7 heteroatoms. The van der Waals surface area contributed by atoms with Gasteiger partial charge in [0, 0.05) is 29.2 Å². The van der Waals surface area contributed by atoms with E-state index in [0.717, 1.165) is 22.7 Å². The van der Waals surface area contributed by atoms with E-state index in [4.69, 9.17) is 0 Å². The van der Waals surface area contributed by atoms with Gasteiger partial charge in [0.2, 0.25) is 0 Å². The zero-order valence-corrected chi connectivity index (χ0v) is 14.6. The third-order valence-corrected chi connectivity index (χ3v) is 3.61. The first-order chi connectivity index (χ1) is 12.4. The predicted molar refractivity (Wildman–Crippen MR) is 93.0 cm³/mol. The first-order valence-electron chi connectivity index (χ1n) is 8.09. The molecule has 0 atom stereocenters. The van der Waals surface area contributed by atoms with Crippen molar-refractivity contribution in [3.63, 3.8) is 0 Å². The number of H-pyrrole nitrogens is 1. The van der Waals surface area contributed by atoms with E-state index < -0.39 is 17.8 Å². The van der Waals surface area contributed by atoms with Crippen LogP contribution in [0.4, 0.5) is 13.2 Å². The van der Waals surface area contributed by atoms with Crippen LogP contribution >= 0.6 is 0 Å². The van der Waals surface area contributed by atoms with Crippen molar-refractivity contribution in [3.8, 4) is 0 Å². The molecule has 1 N–H and O–H groups in total. The second kappa shape index (κ2) is 8.03. The number of nitrogens with one attached hydrogen (secondary N) is 1. The summed E-state index contributed by atoms with van der Waals surface area (Å²) in [6.07, 6.45) is -2.81. The molecule has 0 spiro atoms. The van der Waals surface area contributed by atoms with Crippen LogP contribution in [0.2, 0.25) is 0 Å². The van der Waals surface area contributed by atoms with Crippen molar-refractivity contribution < 1.29 is 22.7 Å². The van der Waals surface area contributed by atoms with Gasteiger partial charge in [0.15, 0.2) is 0 Å². The summed E-state index contributed by atoms with van der Waals surface area (Å²) in [5.41, 5.74) is 1.83. The molecule has 3 rings (SSSR count). The average molecular weight is 364 g/mol. The van der Waals surface area contributed by atoms with E-state index in [-0.39, 0.29) is 0 Å². The number of carbonyl (C=O) groups is 1. The molecule has 0 unspecified atom stereocenters. The Labute approximate surface area is 149 Å². The highest BCUT2D eigenvalue weighted by Gasteiger charge is 2.31. The van der Waals surface area contributed by atoms with Crippen LogP contribution in [0, 0.1) is 0 Å². The Morgan fingerprint density at radius 1 is 1.15 bits per heavy atom. The molecule has 0 aliphatic heterocycles. The van der Waals surface area contributed by atoms with Gasteiger partial charge in [-0.05, 0) is 35.9 Å². The highest BCUT2D eigenvalue weighted by molar-refractivity contribution is 5.94.